The lowest BCUT2D eigenvalue weighted by molar-refractivity contribution is 0.527. The third-order valence-electron chi connectivity index (χ3n) is 1.80. The Hall–Kier alpha value is -1.42. The van der Waals surface area contributed by atoms with Crippen LogP contribution >= 0.6 is 11.8 Å². The van der Waals surface area contributed by atoms with Crippen LogP contribution in [-0.2, 0) is 0 Å². The molecule has 0 aliphatic rings. The molecule has 0 atom stereocenters. The summed E-state index contributed by atoms with van der Waals surface area (Å²) in [7, 11) is 0. The number of hydrogen-bond donors (Lipinski definition) is 1. The molecule has 0 amide bonds. The maximum atomic E-state index is 5.49. The average Bonchev–Trinajstić information content (AvgIpc) is 2.56. The molecule has 3 nitrogen and oxygen atoms in total. The third-order valence-corrected chi connectivity index (χ3v) is 2.92. The summed E-state index contributed by atoms with van der Waals surface area (Å²) in [6.07, 6.45) is 3.44. The van der Waals surface area contributed by atoms with E-state index in [1.165, 1.54) is 0 Å². The molecule has 2 aromatic rings. The molecule has 14 heavy (non-hydrogen) atoms. The monoisotopic (exact) mass is 206 g/mol. The maximum absolute atomic E-state index is 5.49. The summed E-state index contributed by atoms with van der Waals surface area (Å²) in [5, 5.41) is 0. The highest BCUT2D eigenvalue weighted by molar-refractivity contribution is 7.99. The van der Waals surface area contributed by atoms with Crippen LogP contribution in [0.2, 0.25) is 0 Å². The van der Waals surface area contributed by atoms with Crippen LogP contribution < -0.4 is 5.73 Å². The van der Waals surface area contributed by atoms with Crippen LogP contribution in [0, 0.1) is 6.92 Å². The van der Waals surface area contributed by atoms with Crippen molar-refractivity contribution in [1.82, 2.24) is 4.98 Å². The van der Waals surface area contributed by atoms with Gasteiger partial charge in [-0.1, -0.05) is 11.8 Å². The van der Waals surface area contributed by atoms with Gasteiger partial charge in [-0.15, -0.1) is 0 Å². The molecule has 2 rings (SSSR count). The molecule has 0 spiro atoms. The minimum absolute atomic E-state index is 0.540. The maximum Gasteiger partial charge on any atom is 0.123 e. The minimum atomic E-state index is 0.540. The van der Waals surface area contributed by atoms with Crippen molar-refractivity contribution in [3.05, 3.63) is 36.4 Å². The van der Waals surface area contributed by atoms with Crippen LogP contribution in [0.15, 0.2) is 44.9 Å². The van der Waals surface area contributed by atoms with Crippen LogP contribution in [0.4, 0.5) is 5.82 Å². The number of nitrogen functional groups attached to an aromatic ring is 1. The molecule has 0 saturated carbocycles. The van der Waals surface area contributed by atoms with Crippen LogP contribution in [0.5, 0.6) is 0 Å². The SMILES string of the molecule is Cc1occc1Sc1ccc(N)nc1. The first-order valence-electron chi connectivity index (χ1n) is 4.19. The van der Waals surface area contributed by atoms with Crippen LogP contribution in [-0.4, -0.2) is 4.98 Å². The lowest BCUT2D eigenvalue weighted by Crippen LogP contribution is -1.87. The molecule has 4 heteroatoms. The Bertz CT molecular complexity index is 422. The Morgan fingerprint density at radius 3 is 2.79 bits per heavy atom. The van der Waals surface area contributed by atoms with E-state index in [9.17, 15) is 0 Å². The van der Waals surface area contributed by atoms with E-state index in [0.29, 0.717) is 5.82 Å². The van der Waals surface area contributed by atoms with Gasteiger partial charge in [0.05, 0.1) is 11.2 Å². The largest absolute Gasteiger partial charge is 0.468 e. The second kappa shape index (κ2) is 3.75. The molecule has 0 aliphatic heterocycles. The fourth-order valence-corrected chi connectivity index (χ4v) is 1.87. The normalized spacial score (nSPS) is 10.4. The van der Waals surface area contributed by atoms with Crippen molar-refractivity contribution in [2.24, 2.45) is 0 Å². The highest BCUT2D eigenvalue weighted by atomic mass is 32.2. The summed E-state index contributed by atoms with van der Waals surface area (Å²) in [5.41, 5.74) is 5.49. The summed E-state index contributed by atoms with van der Waals surface area (Å²) in [6, 6.07) is 5.67. The smallest absolute Gasteiger partial charge is 0.123 e. The van der Waals surface area contributed by atoms with E-state index in [4.69, 9.17) is 10.2 Å². The highest BCUT2D eigenvalue weighted by Gasteiger charge is 2.03. The number of anilines is 1. The zero-order valence-electron chi connectivity index (χ0n) is 7.73. The van der Waals surface area contributed by atoms with Crippen molar-refractivity contribution in [3.63, 3.8) is 0 Å². The van der Waals surface area contributed by atoms with Crippen LogP contribution in [0.3, 0.4) is 0 Å². The fourth-order valence-electron chi connectivity index (χ4n) is 1.06. The Morgan fingerprint density at radius 1 is 1.36 bits per heavy atom. The van der Waals surface area contributed by atoms with Gasteiger partial charge in [-0.2, -0.15) is 0 Å². The molecule has 2 N–H and O–H groups in total. The number of furan rings is 1. The predicted molar refractivity (Wildman–Crippen MR) is 56.2 cm³/mol. The summed E-state index contributed by atoms with van der Waals surface area (Å²) in [6.45, 7) is 1.94. The van der Waals surface area contributed by atoms with Crippen LogP contribution in [0.25, 0.3) is 0 Å². The predicted octanol–water partition coefficient (Wildman–Crippen LogP) is 2.72. The number of rotatable bonds is 2. The molecule has 0 radical (unpaired) electrons. The Kier molecular flexibility index (Phi) is 2.45. The molecular formula is C10H10N2OS. The molecular weight excluding hydrogens is 196 g/mol. The van der Waals surface area contributed by atoms with Gasteiger partial charge in [-0.3, -0.25) is 0 Å². The minimum Gasteiger partial charge on any atom is -0.468 e. The molecule has 0 aromatic carbocycles. The average molecular weight is 206 g/mol. The second-order valence-electron chi connectivity index (χ2n) is 2.86. The van der Waals surface area contributed by atoms with Crippen LogP contribution in [0.1, 0.15) is 5.76 Å². The van der Waals surface area contributed by atoms with Gasteiger partial charge in [0.15, 0.2) is 0 Å². The Morgan fingerprint density at radius 2 is 2.21 bits per heavy atom. The Balaban J connectivity index is 2.19. The molecule has 72 valence electrons. The van der Waals surface area contributed by atoms with E-state index in [1.54, 1.807) is 30.3 Å². The van der Waals surface area contributed by atoms with E-state index < -0.39 is 0 Å². The van der Waals surface area contributed by atoms with Gasteiger partial charge in [0.25, 0.3) is 0 Å². The Labute approximate surface area is 86.3 Å². The summed E-state index contributed by atoms with van der Waals surface area (Å²) in [4.78, 5) is 6.18. The molecule has 2 aromatic heterocycles. The molecule has 0 aliphatic carbocycles. The van der Waals surface area contributed by atoms with Crippen molar-refractivity contribution in [2.45, 2.75) is 16.7 Å². The zero-order valence-corrected chi connectivity index (χ0v) is 8.54. The fraction of sp³-hybridized carbons (Fsp3) is 0.100. The van der Waals surface area contributed by atoms with Gasteiger partial charge >= 0.3 is 0 Å². The standard InChI is InChI=1S/C10H10N2OS/c1-7-9(4-5-13-7)14-8-2-3-10(11)12-6-8/h2-6H,1H3,(H2,11,12). The van der Waals surface area contributed by atoms with Gasteiger partial charge in [-0.25, -0.2) is 4.98 Å². The van der Waals surface area contributed by atoms with E-state index in [2.05, 4.69) is 4.98 Å². The lowest BCUT2D eigenvalue weighted by atomic mass is 10.5. The van der Waals surface area contributed by atoms with Gasteiger partial charge in [0.1, 0.15) is 11.6 Å². The van der Waals surface area contributed by atoms with Crippen molar-refractivity contribution in [3.8, 4) is 0 Å². The third kappa shape index (κ3) is 1.90. The first-order chi connectivity index (χ1) is 6.75. The number of nitrogens with zero attached hydrogens (tertiary/aromatic N) is 1. The van der Waals surface area contributed by atoms with Crippen molar-refractivity contribution in [2.75, 3.05) is 5.73 Å². The van der Waals surface area contributed by atoms with E-state index in [-0.39, 0.29) is 0 Å². The summed E-state index contributed by atoms with van der Waals surface area (Å²) < 4.78 is 5.19. The number of aromatic nitrogens is 1. The lowest BCUT2D eigenvalue weighted by Gasteiger charge is -1.99. The number of pyridine rings is 1. The molecule has 0 bridgehead atoms. The number of aryl methyl sites for hydroxylation is 1. The quantitative estimate of drug-likeness (QED) is 0.820. The van der Waals surface area contributed by atoms with Crippen molar-refractivity contribution in [1.29, 1.82) is 0 Å². The van der Waals surface area contributed by atoms with Crippen molar-refractivity contribution >= 4 is 17.6 Å². The molecule has 0 fully saturated rings. The van der Waals surface area contributed by atoms with E-state index >= 15 is 0 Å². The highest BCUT2D eigenvalue weighted by Crippen LogP contribution is 2.30. The van der Waals surface area contributed by atoms with Crippen molar-refractivity contribution < 1.29 is 4.42 Å². The van der Waals surface area contributed by atoms with Gasteiger partial charge < -0.3 is 10.2 Å². The molecule has 2 heterocycles. The van der Waals surface area contributed by atoms with E-state index in [0.717, 1.165) is 15.6 Å². The van der Waals surface area contributed by atoms with Gasteiger partial charge in [0.2, 0.25) is 0 Å². The number of nitrogens with two attached hydrogens (primary N) is 1. The van der Waals surface area contributed by atoms with Gasteiger partial charge in [0, 0.05) is 11.1 Å². The van der Waals surface area contributed by atoms with E-state index in [1.807, 2.05) is 19.1 Å². The molecule has 0 saturated heterocycles. The first kappa shape index (κ1) is 9.15. The second-order valence-corrected chi connectivity index (χ2v) is 3.98. The first-order valence-corrected chi connectivity index (χ1v) is 5.01. The topological polar surface area (TPSA) is 52.0 Å². The summed E-state index contributed by atoms with van der Waals surface area (Å²) >= 11 is 1.62. The molecule has 0 unspecified atom stereocenters. The summed E-state index contributed by atoms with van der Waals surface area (Å²) in [5.74, 6) is 1.46. The zero-order chi connectivity index (χ0) is 9.97. The number of hydrogen-bond acceptors (Lipinski definition) is 4. The van der Waals surface area contributed by atoms with Gasteiger partial charge in [-0.05, 0) is 25.1 Å².